The summed E-state index contributed by atoms with van der Waals surface area (Å²) in [7, 11) is 0. The van der Waals surface area contributed by atoms with E-state index in [9.17, 15) is 24.3 Å². The number of nitrogen functional groups attached to an aromatic ring is 1. The van der Waals surface area contributed by atoms with Gasteiger partial charge in [0.15, 0.2) is 5.82 Å². The van der Waals surface area contributed by atoms with Gasteiger partial charge >= 0.3 is 0 Å². The number of hydrogen-bond donors (Lipinski definition) is 3. The van der Waals surface area contributed by atoms with Crippen LogP contribution in [0.3, 0.4) is 0 Å². The molecule has 56 heavy (non-hydrogen) atoms. The molecule has 4 fully saturated rings. The fraction of sp³-hybridized carbons (Fsp3) is 0.395. The van der Waals surface area contributed by atoms with E-state index in [0.717, 1.165) is 22.5 Å². The number of benzene rings is 3. The Morgan fingerprint density at radius 2 is 1.43 bits per heavy atom. The van der Waals surface area contributed by atoms with Crippen LogP contribution in [0.2, 0.25) is 0 Å². The molecule has 0 bridgehead atoms. The van der Waals surface area contributed by atoms with Crippen LogP contribution in [-0.2, 0) is 24.6 Å². The SMILES string of the molecule is Nc1nnc(-c2ccccc2O)cc1N1CCC(C(=O)N2CCC(C(=O)N3CCN(c4ccc(C5CCC(=O)NC5=O)cc4)CC3)CC2)(c2ccccc2)CC1. The number of nitrogens with zero attached hydrogens (tertiary/aromatic N) is 6. The van der Waals surface area contributed by atoms with E-state index in [1.807, 2.05) is 64.4 Å². The number of phenolic OH excluding ortho intramolecular Hbond substituents is 1. The van der Waals surface area contributed by atoms with Gasteiger partial charge in [-0.05, 0) is 73.6 Å². The Balaban J connectivity index is 0.876. The Kier molecular flexibility index (Phi) is 10.3. The molecule has 4 amide bonds. The third-order valence-corrected chi connectivity index (χ3v) is 12.3. The van der Waals surface area contributed by atoms with Crippen molar-refractivity contribution in [1.82, 2.24) is 25.3 Å². The first-order valence-electron chi connectivity index (χ1n) is 19.7. The van der Waals surface area contributed by atoms with Crippen LogP contribution in [-0.4, -0.2) is 101 Å². The maximum absolute atomic E-state index is 14.6. The number of hydrogen-bond acceptors (Lipinski definition) is 10. The maximum Gasteiger partial charge on any atom is 0.234 e. The van der Waals surface area contributed by atoms with Gasteiger partial charge < -0.3 is 30.4 Å². The summed E-state index contributed by atoms with van der Waals surface area (Å²) >= 11 is 0. The molecule has 13 nitrogen and oxygen atoms in total. The summed E-state index contributed by atoms with van der Waals surface area (Å²) in [4.78, 5) is 60.7. The van der Waals surface area contributed by atoms with Gasteiger partial charge in [0.05, 0.1) is 22.7 Å². The quantitative estimate of drug-likeness (QED) is 0.234. The molecule has 4 aliphatic heterocycles. The average molecular weight is 757 g/mol. The molecule has 290 valence electrons. The zero-order chi connectivity index (χ0) is 38.8. The van der Waals surface area contributed by atoms with Crippen molar-refractivity contribution in [2.75, 3.05) is 67.9 Å². The van der Waals surface area contributed by atoms with Crippen molar-refractivity contribution in [3.8, 4) is 17.0 Å². The molecule has 4 N–H and O–H groups in total. The van der Waals surface area contributed by atoms with Crippen LogP contribution in [0.25, 0.3) is 11.3 Å². The Morgan fingerprint density at radius 1 is 0.750 bits per heavy atom. The first kappa shape index (κ1) is 37.0. The van der Waals surface area contributed by atoms with Gasteiger partial charge in [-0.1, -0.05) is 54.6 Å². The van der Waals surface area contributed by atoms with Gasteiger partial charge in [-0.15, -0.1) is 10.2 Å². The Bertz CT molecular complexity index is 2090. The number of amides is 4. The largest absolute Gasteiger partial charge is 0.507 e. The van der Waals surface area contributed by atoms with E-state index in [0.29, 0.717) is 108 Å². The molecule has 5 heterocycles. The molecular formula is C43H48N8O5. The molecule has 0 saturated carbocycles. The number of rotatable bonds is 7. The van der Waals surface area contributed by atoms with Gasteiger partial charge in [-0.2, -0.15) is 0 Å². The number of carbonyl (C=O) groups excluding carboxylic acids is 4. The number of anilines is 3. The van der Waals surface area contributed by atoms with E-state index < -0.39 is 5.41 Å². The van der Waals surface area contributed by atoms with Crippen molar-refractivity contribution in [1.29, 1.82) is 0 Å². The molecule has 4 saturated heterocycles. The van der Waals surface area contributed by atoms with Gasteiger partial charge in [-0.3, -0.25) is 24.5 Å². The first-order valence-corrected chi connectivity index (χ1v) is 19.7. The van der Waals surface area contributed by atoms with E-state index >= 15 is 0 Å². The summed E-state index contributed by atoms with van der Waals surface area (Å²) in [5.74, 6) is -0.176. The molecule has 4 aliphatic rings. The van der Waals surface area contributed by atoms with Crippen molar-refractivity contribution >= 4 is 40.8 Å². The first-order chi connectivity index (χ1) is 27.2. The van der Waals surface area contributed by atoms with Crippen molar-refractivity contribution < 1.29 is 24.3 Å². The third-order valence-electron chi connectivity index (χ3n) is 12.3. The van der Waals surface area contributed by atoms with Gasteiger partial charge in [0.2, 0.25) is 23.6 Å². The smallest absolute Gasteiger partial charge is 0.234 e. The highest BCUT2D eigenvalue weighted by Gasteiger charge is 2.46. The van der Waals surface area contributed by atoms with Gasteiger partial charge in [0.1, 0.15) is 5.75 Å². The summed E-state index contributed by atoms with van der Waals surface area (Å²) < 4.78 is 0. The molecule has 3 aromatic carbocycles. The topological polar surface area (TPSA) is 165 Å². The van der Waals surface area contributed by atoms with Crippen molar-refractivity contribution in [2.24, 2.45) is 5.92 Å². The van der Waals surface area contributed by atoms with Crippen LogP contribution in [0.5, 0.6) is 5.75 Å². The predicted molar refractivity (Wildman–Crippen MR) is 213 cm³/mol. The molecule has 0 spiro atoms. The number of piperazine rings is 1. The number of aromatic hydroxyl groups is 1. The Hall–Kier alpha value is -5.98. The van der Waals surface area contributed by atoms with E-state index in [1.165, 1.54) is 0 Å². The summed E-state index contributed by atoms with van der Waals surface area (Å²) in [5.41, 5.74) is 10.4. The summed E-state index contributed by atoms with van der Waals surface area (Å²) in [5, 5.41) is 21.3. The fourth-order valence-electron chi connectivity index (χ4n) is 8.98. The molecule has 4 aromatic rings. The van der Waals surface area contributed by atoms with Crippen LogP contribution in [0.4, 0.5) is 17.2 Å². The molecular weight excluding hydrogens is 709 g/mol. The van der Waals surface area contributed by atoms with Gasteiger partial charge in [-0.25, -0.2) is 0 Å². The molecule has 1 unspecified atom stereocenters. The number of piperidine rings is 3. The summed E-state index contributed by atoms with van der Waals surface area (Å²) in [6.07, 6.45) is 3.33. The zero-order valence-electron chi connectivity index (χ0n) is 31.5. The molecule has 1 aromatic heterocycles. The van der Waals surface area contributed by atoms with Crippen LogP contribution >= 0.6 is 0 Å². The monoisotopic (exact) mass is 756 g/mol. The lowest BCUT2D eigenvalue weighted by molar-refractivity contribution is -0.144. The molecule has 0 aliphatic carbocycles. The minimum Gasteiger partial charge on any atom is -0.507 e. The van der Waals surface area contributed by atoms with E-state index in [-0.39, 0.29) is 41.2 Å². The number of para-hydroxylation sites is 1. The Morgan fingerprint density at radius 3 is 2.11 bits per heavy atom. The second-order valence-electron chi connectivity index (χ2n) is 15.4. The number of likely N-dealkylation sites (tertiary alicyclic amines) is 1. The number of imide groups is 1. The lowest BCUT2D eigenvalue weighted by Gasteiger charge is -2.46. The molecule has 1 atom stereocenters. The van der Waals surface area contributed by atoms with E-state index in [1.54, 1.807) is 18.2 Å². The normalized spacial score (nSPS) is 20.5. The number of phenols is 1. The fourth-order valence-corrected chi connectivity index (χ4v) is 8.98. The number of carbonyl (C=O) groups is 4. The van der Waals surface area contributed by atoms with Crippen LogP contribution in [0.15, 0.2) is 84.9 Å². The highest BCUT2D eigenvalue weighted by atomic mass is 16.3. The van der Waals surface area contributed by atoms with Gasteiger partial charge in [0.25, 0.3) is 0 Å². The third kappa shape index (κ3) is 7.25. The predicted octanol–water partition coefficient (Wildman–Crippen LogP) is 4.08. The lowest BCUT2D eigenvalue weighted by Crippen LogP contribution is -2.56. The van der Waals surface area contributed by atoms with Gasteiger partial charge in [0, 0.05) is 75.9 Å². The van der Waals surface area contributed by atoms with Crippen molar-refractivity contribution in [3.63, 3.8) is 0 Å². The zero-order valence-corrected chi connectivity index (χ0v) is 31.5. The number of aromatic nitrogens is 2. The van der Waals surface area contributed by atoms with Crippen LogP contribution < -0.4 is 20.9 Å². The maximum atomic E-state index is 14.6. The second kappa shape index (κ2) is 15.6. The summed E-state index contributed by atoms with van der Waals surface area (Å²) in [6, 6.07) is 26.9. The minimum absolute atomic E-state index is 0.113. The lowest BCUT2D eigenvalue weighted by atomic mass is 9.71. The molecule has 0 radical (unpaired) electrons. The Labute approximate surface area is 326 Å². The van der Waals surface area contributed by atoms with E-state index in [2.05, 4.69) is 37.4 Å². The standard InChI is InChI=1S/C43H48N8O5/c44-39-36(28-35(46-47-39)34-8-4-5-9-37(34)52)49-22-18-43(19-23-49,31-6-2-1-3-7-31)42(56)51-20-16-30(17-21-51)41(55)50-26-24-48(25-27-50)32-12-10-29(11-13-32)33-14-15-38(53)45-40(33)54/h1-13,28,30,33,52H,14-27H2,(H2,44,47)(H,45,53,54). The molecule has 13 heteroatoms. The van der Waals surface area contributed by atoms with Crippen molar-refractivity contribution in [3.05, 3.63) is 96.1 Å². The van der Waals surface area contributed by atoms with E-state index in [4.69, 9.17) is 5.73 Å². The number of nitrogens with two attached hydrogens (primary N) is 1. The minimum atomic E-state index is -0.708. The number of nitrogens with one attached hydrogen (secondary N) is 1. The van der Waals surface area contributed by atoms with Crippen molar-refractivity contribution in [2.45, 2.75) is 49.9 Å². The second-order valence-corrected chi connectivity index (χ2v) is 15.4. The highest BCUT2D eigenvalue weighted by molar-refractivity contribution is 6.01. The molecule has 8 rings (SSSR count). The van der Waals surface area contributed by atoms with Crippen LogP contribution in [0, 0.1) is 5.92 Å². The summed E-state index contributed by atoms with van der Waals surface area (Å²) in [6.45, 7) is 4.95. The van der Waals surface area contributed by atoms with Crippen LogP contribution in [0.1, 0.15) is 55.6 Å². The highest BCUT2D eigenvalue weighted by Crippen LogP contribution is 2.41. The average Bonchev–Trinajstić information content (AvgIpc) is 3.24.